The van der Waals surface area contributed by atoms with E-state index in [9.17, 15) is 0 Å². The lowest BCUT2D eigenvalue weighted by atomic mass is 10.1. The fourth-order valence-electron chi connectivity index (χ4n) is 1.84. The van der Waals surface area contributed by atoms with Crippen LogP contribution in [0.4, 0.5) is 11.6 Å². The zero-order chi connectivity index (χ0) is 14.4. The van der Waals surface area contributed by atoms with Crippen molar-refractivity contribution in [3.8, 4) is 11.5 Å². The summed E-state index contributed by atoms with van der Waals surface area (Å²) < 4.78 is 10.5. The molecule has 1 aromatic carbocycles. The van der Waals surface area contributed by atoms with Gasteiger partial charge in [-0.3, -0.25) is 0 Å². The van der Waals surface area contributed by atoms with Gasteiger partial charge in [0.2, 0.25) is 0 Å². The second-order valence-corrected chi connectivity index (χ2v) is 4.19. The molecule has 0 amide bonds. The molecule has 0 unspecified atom stereocenters. The molecule has 0 aliphatic carbocycles. The van der Waals surface area contributed by atoms with E-state index in [-0.39, 0.29) is 0 Å². The topological polar surface area (TPSA) is 82.3 Å². The monoisotopic (exact) mass is 274 g/mol. The van der Waals surface area contributed by atoms with Crippen LogP contribution in [0.1, 0.15) is 5.56 Å². The van der Waals surface area contributed by atoms with Gasteiger partial charge in [0.1, 0.15) is 18.0 Å². The van der Waals surface area contributed by atoms with Crippen molar-refractivity contribution >= 4 is 11.6 Å². The van der Waals surface area contributed by atoms with Gasteiger partial charge in [-0.1, -0.05) is 6.07 Å². The Morgan fingerprint density at radius 2 is 1.90 bits per heavy atom. The highest BCUT2D eigenvalue weighted by atomic mass is 16.5. The highest BCUT2D eigenvalue weighted by Gasteiger charge is 2.04. The Labute approximate surface area is 118 Å². The SMILES string of the molecule is COc1ccc(CCNc2cc(N)ncn2)cc1OC. The molecule has 20 heavy (non-hydrogen) atoms. The van der Waals surface area contributed by atoms with Gasteiger partial charge in [0.25, 0.3) is 0 Å². The van der Waals surface area contributed by atoms with Crippen molar-refractivity contribution in [3.63, 3.8) is 0 Å². The van der Waals surface area contributed by atoms with Crippen molar-refractivity contribution in [2.45, 2.75) is 6.42 Å². The fourth-order valence-corrected chi connectivity index (χ4v) is 1.84. The van der Waals surface area contributed by atoms with Crippen LogP contribution < -0.4 is 20.5 Å². The second kappa shape index (κ2) is 6.60. The molecular formula is C14H18N4O2. The van der Waals surface area contributed by atoms with Crippen LogP contribution in [0.25, 0.3) is 0 Å². The zero-order valence-electron chi connectivity index (χ0n) is 11.6. The van der Waals surface area contributed by atoms with Crippen LogP contribution in [0, 0.1) is 0 Å². The van der Waals surface area contributed by atoms with Crippen LogP contribution in [-0.4, -0.2) is 30.7 Å². The van der Waals surface area contributed by atoms with E-state index >= 15 is 0 Å². The number of nitrogen functional groups attached to an aromatic ring is 1. The minimum absolute atomic E-state index is 0.452. The molecule has 6 nitrogen and oxygen atoms in total. The second-order valence-electron chi connectivity index (χ2n) is 4.19. The lowest BCUT2D eigenvalue weighted by molar-refractivity contribution is 0.354. The third-order valence-electron chi connectivity index (χ3n) is 2.86. The Balaban J connectivity index is 1.94. The number of nitrogens with two attached hydrogens (primary N) is 1. The number of hydrogen-bond donors (Lipinski definition) is 2. The summed E-state index contributed by atoms with van der Waals surface area (Å²) in [6.07, 6.45) is 2.28. The van der Waals surface area contributed by atoms with E-state index in [2.05, 4.69) is 15.3 Å². The maximum atomic E-state index is 5.59. The van der Waals surface area contributed by atoms with Crippen molar-refractivity contribution < 1.29 is 9.47 Å². The summed E-state index contributed by atoms with van der Waals surface area (Å²) in [5.74, 6) is 2.63. The van der Waals surface area contributed by atoms with Gasteiger partial charge in [0.05, 0.1) is 14.2 Å². The van der Waals surface area contributed by atoms with Crippen molar-refractivity contribution in [3.05, 3.63) is 36.2 Å². The molecule has 3 N–H and O–H groups in total. The van der Waals surface area contributed by atoms with Crippen molar-refractivity contribution in [2.75, 3.05) is 31.8 Å². The Morgan fingerprint density at radius 1 is 1.10 bits per heavy atom. The third-order valence-corrected chi connectivity index (χ3v) is 2.86. The zero-order valence-corrected chi connectivity index (χ0v) is 11.6. The van der Waals surface area contributed by atoms with Crippen LogP contribution >= 0.6 is 0 Å². The summed E-state index contributed by atoms with van der Waals surface area (Å²) in [5.41, 5.74) is 6.74. The quantitative estimate of drug-likeness (QED) is 0.834. The van der Waals surface area contributed by atoms with Crippen LogP contribution in [0.3, 0.4) is 0 Å². The molecule has 0 aliphatic heterocycles. The van der Waals surface area contributed by atoms with Crippen LogP contribution in [0.15, 0.2) is 30.6 Å². The predicted molar refractivity (Wildman–Crippen MR) is 78.2 cm³/mol. The van der Waals surface area contributed by atoms with Crippen molar-refractivity contribution in [1.82, 2.24) is 9.97 Å². The molecule has 0 spiro atoms. The van der Waals surface area contributed by atoms with E-state index in [4.69, 9.17) is 15.2 Å². The molecule has 1 heterocycles. The van der Waals surface area contributed by atoms with E-state index in [0.717, 1.165) is 35.8 Å². The van der Waals surface area contributed by atoms with Crippen LogP contribution in [0.5, 0.6) is 11.5 Å². The van der Waals surface area contributed by atoms with Gasteiger partial charge < -0.3 is 20.5 Å². The van der Waals surface area contributed by atoms with Gasteiger partial charge in [0, 0.05) is 12.6 Å². The number of nitrogens with one attached hydrogen (secondary N) is 1. The number of anilines is 2. The predicted octanol–water partition coefficient (Wildman–Crippen LogP) is 1.73. The first-order chi connectivity index (χ1) is 9.72. The van der Waals surface area contributed by atoms with E-state index in [1.165, 1.54) is 6.33 Å². The maximum Gasteiger partial charge on any atom is 0.160 e. The van der Waals surface area contributed by atoms with Gasteiger partial charge in [-0.15, -0.1) is 0 Å². The molecule has 0 saturated heterocycles. The number of nitrogens with zero attached hydrogens (tertiary/aromatic N) is 2. The molecular weight excluding hydrogens is 256 g/mol. The summed E-state index contributed by atoms with van der Waals surface area (Å²) in [6.45, 7) is 0.742. The van der Waals surface area contributed by atoms with E-state index in [0.29, 0.717) is 5.82 Å². The summed E-state index contributed by atoms with van der Waals surface area (Å²) in [4.78, 5) is 7.93. The maximum absolute atomic E-state index is 5.59. The summed E-state index contributed by atoms with van der Waals surface area (Å²) in [6, 6.07) is 7.58. The van der Waals surface area contributed by atoms with E-state index in [1.54, 1.807) is 20.3 Å². The molecule has 2 rings (SSSR count). The average Bonchev–Trinajstić information content (AvgIpc) is 2.47. The Hall–Kier alpha value is -2.50. The van der Waals surface area contributed by atoms with Crippen LogP contribution in [-0.2, 0) is 6.42 Å². The molecule has 0 atom stereocenters. The highest BCUT2D eigenvalue weighted by Crippen LogP contribution is 2.27. The minimum Gasteiger partial charge on any atom is -0.493 e. The standard InChI is InChI=1S/C14H18N4O2/c1-19-11-4-3-10(7-12(11)20-2)5-6-16-14-8-13(15)17-9-18-14/h3-4,7-9H,5-6H2,1-2H3,(H3,15,16,17,18). The molecule has 106 valence electrons. The molecule has 2 aromatic rings. The number of hydrogen-bond acceptors (Lipinski definition) is 6. The van der Waals surface area contributed by atoms with Gasteiger partial charge >= 0.3 is 0 Å². The average molecular weight is 274 g/mol. The lowest BCUT2D eigenvalue weighted by Crippen LogP contribution is -2.07. The molecule has 0 fully saturated rings. The molecule has 0 aliphatic rings. The molecule has 0 radical (unpaired) electrons. The Kier molecular flexibility index (Phi) is 4.60. The fraction of sp³-hybridized carbons (Fsp3) is 0.286. The first kappa shape index (κ1) is 13.9. The summed E-state index contributed by atoms with van der Waals surface area (Å²) in [5, 5.41) is 3.20. The van der Waals surface area contributed by atoms with E-state index in [1.807, 2.05) is 18.2 Å². The summed E-state index contributed by atoms with van der Waals surface area (Å²) >= 11 is 0. The van der Waals surface area contributed by atoms with Gasteiger partial charge in [0.15, 0.2) is 11.5 Å². The van der Waals surface area contributed by atoms with Gasteiger partial charge in [-0.2, -0.15) is 0 Å². The first-order valence-corrected chi connectivity index (χ1v) is 6.25. The normalized spacial score (nSPS) is 10.1. The highest BCUT2D eigenvalue weighted by molar-refractivity contribution is 5.45. The van der Waals surface area contributed by atoms with Gasteiger partial charge in [-0.05, 0) is 24.1 Å². The molecule has 1 aromatic heterocycles. The minimum atomic E-state index is 0.452. The van der Waals surface area contributed by atoms with E-state index < -0.39 is 0 Å². The summed E-state index contributed by atoms with van der Waals surface area (Å²) in [7, 11) is 3.25. The smallest absolute Gasteiger partial charge is 0.160 e. The Morgan fingerprint density at radius 3 is 2.60 bits per heavy atom. The van der Waals surface area contributed by atoms with Gasteiger partial charge in [-0.25, -0.2) is 9.97 Å². The molecule has 0 saturated carbocycles. The number of aromatic nitrogens is 2. The molecule has 0 bridgehead atoms. The number of ether oxygens (including phenoxy) is 2. The number of methoxy groups -OCH3 is 2. The number of benzene rings is 1. The molecule has 6 heteroatoms. The Bertz CT molecular complexity index is 575. The number of rotatable bonds is 6. The van der Waals surface area contributed by atoms with Crippen LogP contribution in [0.2, 0.25) is 0 Å². The van der Waals surface area contributed by atoms with Crippen molar-refractivity contribution in [2.24, 2.45) is 0 Å². The third kappa shape index (κ3) is 3.50. The lowest BCUT2D eigenvalue weighted by Gasteiger charge is -2.10. The van der Waals surface area contributed by atoms with Crippen molar-refractivity contribution in [1.29, 1.82) is 0 Å². The first-order valence-electron chi connectivity index (χ1n) is 6.25. The largest absolute Gasteiger partial charge is 0.493 e.